The Hall–Kier alpha value is -4.25. The van der Waals surface area contributed by atoms with E-state index in [0.717, 1.165) is 27.5 Å². The van der Waals surface area contributed by atoms with Crippen LogP contribution in [0, 0.1) is 5.92 Å². The van der Waals surface area contributed by atoms with E-state index in [9.17, 15) is 14.4 Å². The molecule has 0 aliphatic rings. The van der Waals surface area contributed by atoms with Crippen molar-refractivity contribution < 1.29 is 17.2 Å². The number of hydrogen-bond acceptors (Lipinski definition) is 3. The van der Waals surface area contributed by atoms with Gasteiger partial charge in [-0.3, -0.25) is 14.4 Å². The van der Waals surface area contributed by atoms with E-state index in [0.29, 0.717) is 12.8 Å². The van der Waals surface area contributed by atoms with E-state index >= 15 is 0 Å². The molecule has 4 aromatic rings. The molecular weight excluding hydrogens is 472 g/mol. The number of rotatable bonds is 11. The second kappa shape index (κ2) is 12.8. The third-order valence-corrected chi connectivity index (χ3v) is 6.62. The summed E-state index contributed by atoms with van der Waals surface area (Å²) < 4.78 is 0. The minimum atomic E-state index is -0.816. The number of carbonyl (C=O) groups is 3. The van der Waals surface area contributed by atoms with Gasteiger partial charge in [-0.15, -0.1) is 0 Å². The molecule has 4 rings (SSSR count). The van der Waals surface area contributed by atoms with Crippen molar-refractivity contribution in [1.29, 1.82) is 0 Å². The molecule has 2 amide bonds. The summed E-state index contributed by atoms with van der Waals surface area (Å²) in [5.41, 5.74) is 2.76. The first-order valence-electron chi connectivity index (χ1n) is 13.1. The fraction of sp³-hybridized carbons (Fsp3) is 0.242. The zero-order valence-corrected chi connectivity index (χ0v) is 21.9. The quantitative estimate of drug-likeness (QED) is 0.278. The van der Waals surface area contributed by atoms with Gasteiger partial charge in [-0.1, -0.05) is 117 Å². The van der Waals surface area contributed by atoms with Crippen LogP contribution < -0.4 is 10.6 Å². The molecule has 0 aromatic heterocycles. The Balaban J connectivity index is 0.00000280. The van der Waals surface area contributed by atoms with Gasteiger partial charge >= 0.3 is 0 Å². The molecule has 0 aliphatic carbocycles. The molecule has 0 spiro atoms. The molecule has 0 heterocycles. The number of carbonyl (C=O) groups excluding carboxylic acids is 3. The standard InChI is InChI=1S/C33H34N2O3.2H2/c1-23(2)32(37)29(20-24-11-5-3-6-12-24)35-33(38)30(21-25-13-7-4-8-14-25)34-31(36)22-26-17-18-27-15-9-10-16-28(27)19-26;;/h3-19,23,29-30H,20-22H2,1-2H3,(H,34,36)(H,35,38);2*1H/t29-,30-;;/m0../s1. The van der Waals surface area contributed by atoms with Crippen LogP contribution in [0.15, 0.2) is 103 Å². The Morgan fingerprint density at radius 2 is 1.18 bits per heavy atom. The van der Waals surface area contributed by atoms with Crippen LogP contribution in [-0.2, 0) is 33.6 Å². The molecular formula is C33H38N2O3. The van der Waals surface area contributed by atoms with Crippen LogP contribution in [0.1, 0.15) is 33.4 Å². The Morgan fingerprint density at radius 3 is 1.79 bits per heavy atom. The van der Waals surface area contributed by atoms with Crippen molar-refractivity contribution in [2.24, 2.45) is 5.92 Å². The van der Waals surface area contributed by atoms with Crippen molar-refractivity contribution in [2.75, 3.05) is 0 Å². The molecule has 4 aromatic carbocycles. The first-order chi connectivity index (χ1) is 18.4. The lowest BCUT2D eigenvalue weighted by Gasteiger charge is -2.24. The van der Waals surface area contributed by atoms with Crippen LogP contribution in [0.5, 0.6) is 0 Å². The fourth-order valence-electron chi connectivity index (χ4n) is 4.59. The lowest BCUT2D eigenvalue weighted by Crippen LogP contribution is -2.53. The summed E-state index contributed by atoms with van der Waals surface area (Å²) in [7, 11) is 0. The lowest BCUT2D eigenvalue weighted by molar-refractivity contribution is -0.132. The summed E-state index contributed by atoms with van der Waals surface area (Å²) >= 11 is 0. The third-order valence-electron chi connectivity index (χ3n) is 6.62. The van der Waals surface area contributed by atoms with E-state index in [1.54, 1.807) is 0 Å². The largest absolute Gasteiger partial charge is 0.344 e. The van der Waals surface area contributed by atoms with Gasteiger partial charge in [0.2, 0.25) is 11.8 Å². The number of ketones is 1. The van der Waals surface area contributed by atoms with Gasteiger partial charge in [0.1, 0.15) is 6.04 Å². The summed E-state index contributed by atoms with van der Waals surface area (Å²) in [4.78, 5) is 39.7. The van der Waals surface area contributed by atoms with Crippen molar-refractivity contribution >= 4 is 28.4 Å². The highest BCUT2D eigenvalue weighted by atomic mass is 16.2. The molecule has 0 saturated carbocycles. The van der Waals surface area contributed by atoms with Crippen LogP contribution in [0.4, 0.5) is 0 Å². The predicted molar refractivity (Wildman–Crippen MR) is 156 cm³/mol. The summed E-state index contributed by atoms with van der Waals surface area (Å²) in [6, 6.07) is 31.6. The molecule has 5 heteroatoms. The first kappa shape index (κ1) is 26.8. The van der Waals surface area contributed by atoms with Gasteiger partial charge in [-0.2, -0.15) is 0 Å². The summed E-state index contributed by atoms with van der Waals surface area (Å²) in [5, 5.41) is 8.07. The molecule has 38 heavy (non-hydrogen) atoms. The second-order valence-corrected chi connectivity index (χ2v) is 9.98. The Morgan fingerprint density at radius 1 is 0.632 bits per heavy atom. The van der Waals surface area contributed by atoms with Crippen molar-refractivity contribution in [3.8, 4) is 0 Å². The smallest absolute Gasteiger partial charge is 0.243 e. The van der Waals surface area contributed by atoms with E-state index < -0.39 is 12.1 Å². The topological polar surface area (TPSA) is 75.3 Å². The van der Waals surface area contributed by atoms with Crippen LogP contribution >= 0.6 is 0 Å². The minimum Gasteiger partial charge on any atom is -0.344 e. The zero-order valence-electron chi connectivity index (χ0n) is 21.9. The highest BCUT2D eigenvalue weighted by Gasteiger charge is 2.28. The molecule has 2 atom stereocenters. The summed E-state index contributed by atoms with van der Waals surface area (Å²) in [6.45, 7) is 3.67. The lowest BCUT2D eigenvalue weighted by atomic mass is 9.95. The van der Waals surface area contributed by atoms with E-state index in [1.165, 1.54) is 0 Å². The van der Waals surface area contributed by atoms with Crippen LogP contribution in [0.25, 0.3) is 10.8 Å². The number of fused-ring (bicyclic) bond motifs is 1. The van der Waals surface area contributed by atoms with Crippen molar-refractivity contribution in [3.63, 3.8) is 0 Å². The molecule has 0 unspecified atom stereocenters. The Bertz CT molecular complexity index is 1390. The van der Waals surface area contributed by atoms with E-state index in [-0.39, 0.29) is 32.8 Å². The number of Topliss-reactive ketones (excluding diaryl/α,β-unsaturated/α-hetero) is 1. The third kappa shape index (κ3) is 7.39. The molecule has 198 valence electrons. The van der Waals surface area contributed by atoms with Crippen LogP contribution in [0.2, 0.25) is 0 Å². The molecule has 0 saturated heterocycles. The maximum Gasteiger partial charge on any atom is 0.243 e. The fourth-order valence-corrected chi connectivity index (χ4v) is 4.59. The van der Waals surface area contributed by atoms with Crippen LogP contribution in [-0.4, -0.2) is 29.7 Å². The molecule has 0 aliphatic heterocycles. The van der Waals surface area contributed by atoms with Crippen molar-refractivity contribution in [2.45, 2.75) is 45.2 Å². The average Bonchev–Trinajstić information content (AvgIpc) is 2.93. The highest BCUT2D eigenvalue weighted by Crippen LogP contribution is 2.16. The molecule has 0 fully saturated rings. The van der Waals surface area contributed by atoms with Gasteiger partial charge in [0.15, 0.2) is 5.78 Å². The van der Waals surface area contributed by atoms with Gasteiger partial charge in [-0.05, 0) is 33.9 Å². The second-order valence-electron chi connectivity index (χ2n) is 9.98. The number of benzene rings is 4. The molecule has 5 nitrogen and oxygen atoms in total. The SMILES string of the molecule is CC(C)C(=O)[C@H](Cc1ccccc1)NC(=O)[C@H](Cc1ccccc1)NC(=O)Cc1ccc2ccccc2c1.[HH].[HH]. The summed E-state index contributed by atoms with van der Waals surface area (Å²) in [5.74, 6) is -0.885. The number of hydrogen-bond donors (Lipinski definition) is 2. The minimum absolute atomic E-state index is 0. The predicted octanol–water partition coefficient (Wildman–Crippen LogP) is 5.55. The Labute approximate surface area is 227 Å². The van der Waals surface area contributed by atoms with Gasteiger partial charge < -0.3 is 10.6 Å². The van der Waals surface area contributed by atoms with Crippen molar-refractivity contribution in [3.05, 3.63) is 120 Å². The monoisotopic (exact) mass is 510 g/mol. The molecule has 2 N–H and O–H groups in total. The maximum atomic E-state index is 13.6. The van der Waals surface area contributed by atoms with E-state index in [2.05, 4.69) is 10.6 Å². The maximum absolute atomic E-state index is 13.6. The van der Waals surface area contributed by atoms with E-state index in [4.69, 9.17) is 0 Å². The van der Waals surface area contributed by atoms with Gasteiger partial charge in [0, 0.05) is 15.2 Å². The van der Waals surface area contributed by atoms with Gasteiger partial charge in [0.25, 0.3) is 0 Å². The average molecular weight is 511 g/mol. The summed E-state index contributed by atoms with van der Waals surface area (Å²) in [6.07, 6.45) is 0.874. The first-order valence-corrected chi connectivity index (χ1v) is 13.1. The van der Waals surface area contributed by atoms with Crippen LogP contribution in [0.3, 0.4) is 0 Å². The van der Waals surface area contributed by atoms with Crippen molar-refractivity contribution in [1.82, 2.24) is 10.6 Å². The van der Waals surface area contributed by atoms with Gasteiger partial charge in [-0.25, -0.2) is 0 Å². The Kier molecular flexibility index (Phi) is 9.04. The number of amides is 2. The van der Waals surface area contributed by atoms with Gasteiger partial charge in [0.05, 0.1) is 12.5 Å². The number of nitrogens with one attached hydrogen (secondary N) is 2. The molecule has 0 radical (unpaired) electrons. The highest BCUT2D eigenvalue weighted by molar-refractivity contribution is 5.94. The molecule has 0 bridgehead atoms. The van der Waals surface area contributed by atoms with E-state index in [1.807, 2.05) is 117 Å². The normalized spacial score (nSPS) is 12.6. The zero-order chi connectivity index (χ0) is 26.9.